The summed E-state index contributed by atoms with van der Waals surface area (Å²) in [4.78, 5) is 38.9. The average Bonchev–Trinajstić information content (AvgIpc) is 3.28. The highest BCUT2D eigenvalue weighted by Gasteiger charge is 2.20. The van der Waals surface area contributed by atoms with Gasteiger partial charge in [-0.2, -0.15) is 0 Å². The summed E-state index contributed by atoms with van der Waals surface area (Å²) in [5.41, 5.74) is 0.295. The molecule has 0 aliphatic carbocycles. The van der Waals surface area contributed by atoms with Crippen LogP contribution in [-0.2, 0) is 14.3 Å². The molecule has 6 nitrogen and oxygen atoms in total. The maximum absolute atomic E-state index is 13.2. The van der Waals surface area contributed by atoms with Gasteiger partial charge in [0.05, 0.1) is 11.3 Å². The van der Waals surface area contributed by atoms with Crippen molar-refractivity contribution >= 4 is 35.2 Å². The number of likely N-dealkylation sites (tertiary alicyclic amines) is 1. The normalized spacial score (nSPS) is 13.2. The molecule has 30 heavy (non-hydrogen) atoms. The minimum absolute atomic E-state index is 0.0200. The number of halogens is 2. The largest absolute Gasteiger partial charge is 0.452 e. The van der Waals surface area contributed by atoms with Crippen LogP contribution >= 0.6 is 11.8 Å². The van der Waals surface area contributed by atoms with Gasteiger partial charge in [-0.1, -0.05) is 12.1 Å². The summed E-state index contributed by atoms with van der Waals surface area (Å²) in [6.45, 7) is 0.926. The highest BCUT2D eigenvalue weighted by atomic mass is 32.2. The van der Waals surface area contributed by atoms with Gasteiger partial charge in [0.2, 0.25) is 5.91 Å². The van der Waals surface area contributed by atoms with Gasteiger partial charge in [-0.25, -0.2) is 13.6 Å². The van der Waals surface area contributed by atoms with Crippen molar-refractivity contribution in [3.05, 3.63) is 59.7 Å². The molecule has 0 unspecified atom stereocenters. The summed E-state index contributed by atoms with van der Waals surface area (Å²) in [5, 5.41) is 2.32. The molecule has 1 saturated heterocycles. The Labute approximate surface area is 176 Å². The van der Waals surface area contributed by atoms with Crippen molar-refractivity contribution in [3.63, 3.8) is 0 Å². The van der Waals surface area contributed by atoms with E-state index in [0.717, 1.165) is 38.1 Å². The van der Waals surface area contributed by atoms with E-state index in [1.807, 2.05) is 0 Å². The second-order valence-corrected chi connectivity index (χ2v) is 7.64. The van der Waals surface area contributed by atoms with Crippen LogP contribution in [0.3, 0.4) is 0 Å². The molecule has 1 aliphatic heterocycles. The molecule has 0 radical (unpaired) electrons. The topological polar surface area (TPSA) is 75.7 Å². The first kappa shape index (κ1) is 21.8. The molecular weight excluding hydrogens is 414 g/mol. The number of carbonyl (C=O) groups excluding carboxylic acids is 3. The van der Waals surface area contributed by atoms with Gasteiger partial charge in [0, 0.05) is 29.7 Å². The molecule has 0 aromatic heterocycles. The number of amides is 2. The number of carbonyl (C=O) groups is 3. The second-order valence-electron chi connectivity index (χ2n) is 6.63. The second kappa shape index (κ2) is 10.2. The molecule has 2 aromatic carbocycles. The fourth-order valence-corrected chi connectivity index (χ4v) is 3.88. The quantitative estimate of drug-likeness (QED) is 0.534. The van der Waals surface area contributed by atoms with E-state index < -0.39 is 30.1 Å². The number of hydrogen-bond donors (Lipinski definition) is 1. The molecule has 158 valence electrons. The summed E-state index contributed by atoms with van der Waals surface area (Å²) in [6, 6.07) is 9.57. The van der Waals surface area contributed by atoms with Gasteiger partial charge in [-0.05, 0) is 37.1 Å². The van der Waals surface area contributed by atoms with E-state index in [-0.39, 0.29) is 22.9 Å². The lowest BCUT2D eigenvalue weighted by Gasteiger charge is -2.15. The van der Waals surface area contributed by atoms with E-state index in [1.165, 1.54) is 17.8 Å². The smallest absolute Gasteiger partial charge is 0.339 e. The number of nitrogens with one attached hydrogen (secondary N) is 1. The first-order valence-corrected chi connectivity index (χ1v) is 10.3. The van der Waals surface area contributed by atoms with Gasteiger partial charge >= 0.3 is 5.97 Å². The number of esters is 1. The lowest BCUT2D eigenvalue weighted by Crippen LogP contribution is -2.29. The molecule has 2 amide bonds. The van der Waals surface area contributed by atoms with Gasteiger partial charge in [0.15, 0.2) is 18.2 Å². The Balaban J connectivity index is 1.54. The Morgan fingerprint density at radius 3 is 2.50 bits per heavy atom. The maximum atomic E-state index is 13.2. The molecule has 1 heterocycles. The molecule has 0 spiro atoms. The Bertz CT molecular complexity index is 948. The number of rotatable bonds is 7. The van der Waals surface area contributed by atoms with E-state index in [4.69, 9.17) is 4.74 Å². The standard InChI is InChI=1S/C21H20F2N2O4S/c22-16-8-7-14(11-17(16)23)24-19(26)12-29-21(28)15-5-1-2-6-18(15)30-13-20(27)25-9-3-4-10-25/h1-2,5-8,11H,3-4,9-10,12-13H2,(H,24,26). The van der Waals surface area contributed by atoms with Gasteiger partial charge in [-0.3, -0.25) is 9.59 Å². The van der Waals surface area contributed by atoms with Crippen molar-refractivity contribution < 1.29 is 27.9 Å². The van der Waals surface area contributed by atoms with Crippen molar-refractivity contribution in [1.82, 2.24) is 4.90 Å². The van der Waals surface area contributed by atoms with Crippen LogP contribution in [0.15, 0.2) is 47.4 Å². The molecule has 9 heteroatoms. The van der Waals surface area contributed by atoms with Crippen LogP contribution in [0.1, 0.15) is 23.2 Å². The Kier molecular flexibility index (Phi) is 7.40. The van der Waals surface area contributed by atoms with E-state index in [2.05, 4.69) is 5.32 Å². The van der Waals surface area contributed by atoms with Crippen molar-refractivity contribution in [2.24, 2.45) is 0 Å². The third kappa shape index (κ3) is 5.79. The van der Waals surface area contributed by atoms with E-state index in [0.29, 0.717) is 4.90 Å². The molecule has 1 fully saturated rings. The summed E-state index contributed by atoms with van der Waals surface area (Å²) >= 11 is 1.24. The predicted octanol–water partition coefficient (Wildman–Crippen LogP) is 3.47. The monoisotopic (exact) mass is 434 g/mol. The predicted molar refractivity (Wildman–Crippen MR) is 108 cm³/mol. The minimum Gasteiger partial charge on any atom is -0.452 e. The molecule has 0 saturated carbocycles. The maximum Gasteiger partial charge on any atom is 0.339 e. The summed E-state index contributed by atoms with van der Waals surface area (Å²) in [6.07, 6.45) is 2.01. The van der Waals surface area contributed by atoms with Crippen LogP contribution in [0.2, 0.25) is 0 Å². The lowest BCUT2D eigenvalue weighted by molar-refractivity contribution is -0.127. The molecule has 0 atom stereocenters. The number of anilines is 1. The zero-order valence-electron chi connectivity index (χ0n) is 16.0. The number of ether oxygens (including phenoxy) is 1. The molecule has 1 N–H and O–H groups in total. The van der Waals surface area contributed by atoms with Gasteiger partial charge in [0.1, 0.15) is 0 Å². The van der Waals surface area contributed by atoms with Crippen LogP contribution in [0.4, 0.5) is 14.5 Å². The van der Waals surface area contributed by atoms with Crippen LogP contribution in [-0.4, -0.2) is 48.1 Å². The molecule has 1 aliphatic rings. The average molecular weight is 434 g/mol. The van der Waals surface area contributed by atoms with E-state index >= 15 is 0 Å². The Morgan fingerprint density at radius 1 is 1.03 bits per heavy atom. The number of hydrogen-bond acceptors (Lipinski definition) is 5. The number of benzene rings is 2. The zero-order valence-corrected chi connectivity index (χ0v) is 16.8. The highest BCUT2D eigenvalue weighted by molar-refractivity contribution is 8.00. The molecular formula is C21H20F2N2O4S. The van der Waals surface area contributed by atoms with Crippen LogP contribution in [0.25, 0.3) is 0 Å². The summed E-state index contributed by atoms with van der Waals surface area (Å²) in [7, 11) is 0. The number of thioether (sulfide) groups is 1. The molecule has 0 bridgehead atoms. The zero-order chi connectivity index (χ0) is 21.5. The van der Waals surface area contributed by atoms with Gasteiger partial charge in [-0.15, -0.1) is 11.8 Å². The van der Waals surface area contributed by atoms with Crippen molar-refractivity contribution in [2.45, 2.75) is 17.7 Å². The SMILES string of the molecule is O=C(COC(=O)c1ccccc1SCC(=O)N1CCCC1)Nc1ccc(F)c(F)c1. The fraction of sp³-hybridized carbons (Fsp3) is 0.286. The molecule has 3 rings (SSSR count). The van der Waals surface area contributed by atoms with E-state index in [9.17, 15) is 23.2 Å². The van der Waals surface area contributed by atoms with Gasteiger partial charge in [0.25, 0.3) is 5.91 Å². The fourth-order valence-electron chi connectivity index (χ4n) is 2.94. The summed E-state index contributed by atoms with van der Waals surface area (Å²) < 4.78 is 31.2. The highest BCUT2D eigenvalue weighted by Crippen LogP contribution is 2.24. The van der Waals surface area contributed by atoms with Crippen molar-refractivity contribution in [1.29, 1.82) is 0 Å². The van der Waals surface area contributed by atoms with Crippen LogP contribution < -0.4 is 5.32 Å². The first-order valence-electron chi connectivity index (χ1n) is 9.35. The van der Waals surface area contributed by atoms with Crippen LogP contribution in [0, 0.1) is 11.6 Å². The van der Waals surface area contributed by atoms with Gasteiger partial charge < -0.3 is 15.0 Å². The van der Waals surface area contributed by atoms with Crippen molar-refractivity contribution in [3.8, 4) is 0 Å². The lowest BCUT2D eigenvalue weighted by atomic mass is 10.2. The Morgan fingerprint density at radius 2 is 1.77 bits per heavy atom. The molecule has 2 aromatic rings. The van der Waals surface area contributed by atoms with Crippen molar-refractivity contribution in [2.75, 3.05) is 30.8 Å². The third-order valence-electron chi connectivity index (χ3n) is 4.45. The third-order valence-corrected chi connectivity index (χ3v) is 5.51. The van der Waals surface area contributed by atoms with Crippen LogP contribution in [0.5, 0.6) is 0 Å². The Hall–Kier alpha value is -2.94. The number of nitrogens with zero attached hydrogens (tertiary/aromatic N) is 1. The first-order chi connectivity index (χ1) is 14.4. The summed E-state index contributed by atoms with van der Waals surface area (Å²) in [5.74, 6) is -3.31. The van der Waals surface area contributed by atoms with E-state index in [1.54, 1.807) is 29.2 Å². The minimum atomic E-state index is -1.10.